The topological polar surface area (TPSA) is 114 Å². The third-order valence-corrected chi connectivity index (χ3v) is 11.1. The number of halogens is 1. The second-order valence-corrected chi connectivity index (χ2v) is 13.7. The van der Waals surface area contributed by atoms with Gasteiger partial charge in [-0.15, -0.1) is 0 Å². The first kappa shape index (κ1) is 28.1. The van der Waals surface area contributed by atoms with Gasteiger partial charge in [0.25, 0.3) is 0 Å². The highest BCUT2D eigenvalue weighted by Crippen LogP contribution is 2.49. The number of aromatic nitrogens is 3. The molecule has 8 rings (SSSR count). The molecule has 4 aromatic rings. The maximum absolute atomic E-state index is 14.8. The summed E-state index contributed by atoms with van der Waals surface area (Å²) in [4.78, 5) is 23.6. The highest BCUT2D eigenvalue weighted by atomic mass is 28.2. The molecular weight excluding hydrogens is 589 g/mol. The third kappa shape index (κ3) is 5.13. The van der Waals surface area contributed by atoms with Gasteiger partial charge < -0.3 is 19.1 Å². The van der Waals surface area contributed by atoms with Crippen LogP contribution < -0.4 is 4.74 Å². The Balaban J connectivity index is 1.00. The highest BCUT2D eigenvalue weighted by Gasteiger charge is 2.49. The number of ether oxygens (including phenoxy) is 2. The molecule has 4 aliphatic rings. The van der Waals surface area contributed by atoms with E-state index in [-0.39, 0.29) is 28.9 Å². The average Bonchev–Trinajstić information content (AvgIpc) is 3.70. The van der Waals surface area contributed by atoms with E-state index in [2.05, 4.69) is 26.6 Å². The summed E-state index contributed by atoms with van der Waals surface area (Å²) in [6, 6.07) is 16.0. The van der Waals surface area contributed by atoms with Gasteiger partial charge in [-0.2, -0.15) is 5.26 Å². The molecule has 226 valence electrons. The van der Waals surface area contributed by atoms with Crippen LogP contribution in [0.5, 0.6) is 5.75 Å². The van der Waals surface area contributed by atoms with E-state index in [9.17, 15) is 14.3 Å². The molecule has 9 nitrogen and oxygen atoms in total. The number of benzene rings is 2. The van der Waals surface area contributed by atoms with Crippen molar-refractivity contribution in [2.24, 2.45) is 0 Å². The zero-order chi connectivity index (χ0) is 30.7. The molecule has 2 aromatic carbocycles. The number of likely N-dealkylation sites (tertiary alicyclic amines) is 1. The Labute approximate surface area is 261 Å². The number of rotatable bonds is 7. The second-order valence-electron chi connectivity index (χ2n) is 12.1. The lowest BCUT2D eigenvalue weighted by molar-refractivity contribution is -0.0494. The molecule has 2 unspecified atom stereocenters. The van der Waals surface area contributed by atoms with Crippen LogP contribution in [0.15, 0.2) is 54.6 Å². The molecule has 0 saturated carbocycles. The van der Waals surface area contributed by atoms with Crippen molar-refractivity contribution in [3.05, 3.63) is 94.2 Å². The van der Waals surface area contributed by atoms with Crippen molar-refractivity contribution < 1.29 is 23.8 Å². The fourth-order valence-corrected chi connectivity index (χ4v) is 8.43. The number of carboxylic acids is 1. The molecule has 0 spiro atoms. The minimum atomic E-state index is -1.04. The number of hydrogen-bond acceptors (Lipinski definition) is 7. The van der Waals surface area contributed by atoms with Crippen molar-refractivity contribution >= 4 is 32.7 Å². The fraction of sp³-hybridized carbons (Fsp3) is 0.353. The summed E-state index contributed by atoms with van der Waals surface area (Å²) in [6.07, 6.45) is 6.51. The molecule has 0 bridgehead atoms. The number of carboxylic acid groups (broad SMARTS) is 1. The van der Waals surface area contributed by atoms with Crippen molar-refractivity contribution in [1.82, 2.24) is 19.4 Å². The first-order chi connectivity index (χ1) is 22.0. The van der Waals surface area contributed by atoms with E-state index in [1.165, 1.54) is 12.1 Å². The van der Waals surface area contributed by atoms with Gasteiger partial charge >= 0.3 is 5.97 Å². The first-order valence-electron chi connectivity index (χ1n) is 15.4. The number of para-hydroxylation sites is 1. The Bertz CT molecular complexity index is 1890. The molecule has 2 radical (unpaired) electrons. The summed E-state index contributed by atoms with van der Waals surface area (Å²) in [5.41, 5.74) is 4.91. The lowest BCUT2D eigenvalue weighted by Gasteiger charge is -2.34. The van der Waals surface area contributed by atoms with Gasteiger partial charge in [-0.1, -0.05) is 30.3 Å². The van der Waals surface area contributed by atoms with E-state index in [0.29, 0.717) is 32.8 Å². The quantitative estimate of drug-likeness (QED) is 0.272. The van der Waals surface area contributed by atoms with Gasteiger partial charge in [0.2, 0.25) is 0 Å². The average molecular weight is 620 g/mol. The van der Waals surface area contributed by atoms with Crippen LogP contribution in [-0.4, -0.2) is 65.8 Å². The summed E-state index contributed by atoms with van der Waals surface area (Å²) in [5.74, 6) is 0.528. The molecular formula is C34H30FN5O4Si. The lowest BCUT2D eigenvalue weighted by atomic mass is 9.87. The van der Waals surface area contributed by atoms with Crippen LogP contribution in [0.25, 0.3) is 17.2 Å². The van der Waals surface area contributed by atoms with Crippen molar-refractivity contribution in [2.75, 3.05) is 19.7 Å². The molecule has 1 N–H and O–H groups in total. The Morgan fingerprint density at radius 1 is 1.11 bits per heavy atom. The number of carbonyl (C=O) groups is 1. The van der Waals surface area contributed by atoms with E-state index < -0.39 is 17.9 Å². The molecule has 0 amide bonds. The van der Waals surface area contributed by atoms with Crippen LogP contribution in [0, 0.1) is 17.1 Å². The summed E-state index contributed by atoms with van der Waals surface area (Å²) < 4.78 is 29.3. The third-order valence-electron chi connectivity index (χ3n) is 9.44. The number of nitrogens with zero attached hydrogens (tertiary/aromatic N) is 5. The number of hydrogen-bond donors (Lipinski definition) is 1. The predicted molar refractivity (Wildman–Crippen MR) is 165 cm³/mol. The van der Waals surface area contributed by atoms with Gasteiger partial charge in [0.15, 0.2) is 11.3 Å². The smallest absolute Gasteiger partial charge is 0.354 e. The standard InChI is InChI=1S/C34H30FN5O4Si/c35-24-16-19(17-36)4-6-23(24)27-9-5-21-2-1-3-22(30(21)44-27)20-10-13-39(14-11-20)18-29-37-25-7-8-26(34(41)42)38-32(25)40(29)33-31(45-33)28-12-15-43-28/h1-9,16,20,27-28,31,33H,10-15,18H2,(H,41,42)/t27-,28?,31?,33-/m1/s1. The minimum absolute atomic E-state index is 0.0314. The molecule has 45 heavy (non-hydrogen) atoms. The van der Waals surface area contributed by atoms with Crippen LogP contribution in [0.3, 0.4) is 0 Å². The van der Waals surface area contributed by atoms with E-state index in [0.717, 1.165) is 67.2 Å². The monoisotopic (exact) mass is 619 g/mol. The number of aromatic carboxylic acids is 1. The largest absolute Gasteiger partial charge is 0.481 e. The minimum Gasteiger partial charge on any atom is -0.481 e. The number of piperidine rings is 1. The van der Waals surface area contributed by atoms with Crippen LogP contribution in [0.1, 0.15) is 75.5 Å². The number of nitriles is 1. The summed E-state index contributed by atoms with van der Waals surface area (Å²) in [5, 5.41) is 18.7. The first-order valence-corrected chi connectivity index (χ1v) is 16.5. The van der Waals surface area contributed by atoms with E-state index in [4.69, 9.17) is 19.7 Å². The molecule has 11 heteroatoms. The second kappa shape index (κ2) is 11.2. The van der Waals surface area contributed by atoms with Gasteiger partial charge in [-0.05, 0) is 79.7 Å². The fourth-order valence-electron chi connectivity index (χ4n) is 6.88. The van der Waals surface area contributed by atoms with Crippen molar-refractivity contribution in [1.29, 1.82) is 5.26 Å². The summed E-state index contributed by atoms with van der Waals surface area (Å²) >= 11 is 0. The molecule has 3 saturated heterocycles. The molecule has 6 heterocycles. The molecule has 4 atom stereocenters. The zero-order valence-corrected chi connectivity index (χ0v) is 25.4. The van der Waals surface area contributed by atoms with Gasteiger partial charge in [0.05, 0.1) is 33.8 Å². The van der Waals surface area contributed by atoms with Crippen molar-refractivity contribution in [3.8, 4) is 11.8 Å². The molecule has 0 aliphatic carbocycles. The SMILES string of the molecule is N#Cc1ccc([C@H]2C=Cc3cccc(C4CCN(Cc5nc6ccc(C(=O)O)nc6n5[C@@H]5[Si]C5C5CCO5)CC4)c3O2)c(F)c1. The summed E-state index contributed by atoms with van der Waals surface area (Å²) in [7, 11) is 0.711. The maximum atomic E-state index is 14.8. The maximum Gasteiger partial charge on any atom is 0.354 e. The number of imidazole rings is 1. The Hall–Kier alpha value is -4.37. The van der Waals surface area contributed by atoms with E-state index in [1.807, 2.05) is 24.3 Å². The Morgan fingerprint density at radius 2 is 1.96 bits per heavy atom. The van der Waals surface area contributed by atoms with Crippen LogP contribution in [-0.2, 0) is 11.3 Å². The Kier molecular flexibility index (Phi) is 7.01. The summed E-state index contributed by atoms with van der Waals surface area (Å²) in [6.45, 7) is 3.22. The van der Waals surface area contributed by atoms with E-state index >= 15 is 0 Å². The van der Waals surface area contributed by atoms with Crippen molar-refractivity contribution in [2.45, 2.75) is 55.1 Å². The zero-order valence-electron chi connectivity index (χ0n) is 24.4. The Morgan fingerprint density at radius 3 is 2.69 bits per heavy atom. The van der Waals surface area contributed by atoms with Gasteiger partial charge in [-0.25, -0.2) is 19.2 Å². The van der Waals surface area contributed by atoms with Crippen molar-refractivity contribution in [3.63, 3.8) is 0 Å². The highest BCUT2D eigenvalue weighted by molar-refractivity contribution is 6.53. The van der Waals surface area contributed by atoms with Gasteiger partial charge in [0.1, 0.15) is 29.0 Å². The van der Waals surface area contributed by atoms with Crippen LogP contribution >= 0.6 is 0 Å². The normalized spacial score (nSPS) is 24.4. The van der Waals surface area contributed by atoms with Gasteiger partial charge in [-0.3, -0.25) is 4.90 Å². The predicted octanol–water partition coefficient (Wildman–Crippen LogP) is 5.46. The molecule has 3 fully saturated rings. The van der Waals surface area contributed by atoms with Crippen LogP contribution in [0.4, 0.5) is 4.39 Å². The van der Waals surface area contributed by atoms with Gasteiger partial charge in [0, 0.05) is 23.4 Å². The van der Waals surface area contributed by atoms with Crippen LogP contribution in [0.2, 0.25) is 5.54 Å². The number of fused-ring (bicyclic) bond motifs is 2. The van der Waals surface area contributed by atoms with E-state index in [1.54, 1.807) is 18.2 Å². The number of pyridine rings is 1. The molecule has 2 aromatic heterocycles. The molecule has 4 aliphatic heterocycles. The lowest BCUT2D eigenvalue weighted by Crippen LogP contribution is -2.33.